The van der Waals surface area contributed by atoms with Gasteiger partial charge in [-0.15, -0.1) is 0 Å². The van der Waals surface area contributed by atoms with Crippen molar-refractivity contribution >= 4 is 46.4 Å². The van der Waals surface area contributed by atoms with Crippen LogP contribution in [0.25, 0.3) is 0 Å². The maximum atomic E-state index is 6.13. The maximum Gasteiger partial charge on any atom is 0.0624 e. The minimum Gasteiger partial charge on any atom is -0.0827 e. The van der Waals surface area contributed by atoms with Gasteiger partial charge in [0.05, 0.1) is 20.1 Å². The summed E-state index contributed by atoms with van der Waals surface area (Å²) in [6.45, 7) is 1.96. The van der Waals surface area contributed by atoms with Crippen LogP contribution in [0.15, 0.2) is 30.3 Å². The Morgan fingerprint density at radius 1 is 0.833 bits per heavy atom. The van der Waals surface area contributed by atoms with Crippen molar-refractivity contribution in [1.82, 2.24) is 0 Å². The molecule has 2 aromatic rings. The Labute approximate surface area is 126 Å². The number of hydrogen-bond acceptors (Lipinski definition) is 0. The Bertz CT molecular complexity index is 591. The molecule has 0 amide bonds. The molecule has 0 aliphatic heterocycles. The molecule has 0 saturated heterocycles. The van der Waals surface area contributed by atoms with E-state index in [4.69, 9.17) is 46.4 Å². The Morgan fingerprint density at radius 2 is 1.50 bits per heavy atom. The molecular weight excluding hydrogens is 310 g/mol. The predicted molar refractivity (Wildman–Crippen MR) is 80.5 cm³/mol. The number of hydrogen-bond donors (Lipinski definition) is 0. The minimum absolute atomic E-state index is 0.561. The zero-order valence-corrected chi connectivity index (χ0v) is 12.6. The van der Waals surface area contributed by atoms with Crippen LogP contribution in [0.5, 0.6) is 0 Å². The van der Waals surface area contributed by atoms with Crippen LogP contribution < -0.4 is 0 Å². The first kappa shape index (κ1) is 14.0. The lowest BCUT2D eigenvalue weighted by atomic mass is 10.0. The van der Waals surface area contributed by atoms with Gasteiger partial charge in [-0.05, 0) is 48.2 Å². The molecular formula is C14H10Cl4. The molecule has 0 nitrogen and oxygen atoms in total. The van der Waals surface area contributed by atoms with E-state index in [0.717, 1.165) is 23.1 Å². The normalized spacial score (nSPS) is 10.7. The van der Waals surface area contributed by atoms with Crippen LogP contribution >= 0.6 is 46.4 Å². The molecule has 0 saturated carbocycles. The second kappa shape index (κ2) is 5.71. The number of benzene rings is 2. The van der Waals surface area contributed by atoms with E-state index in [9.17, 15) is 0 Å². The molecule has 4 heteroatoms. The van der Waals surface area contributed by atoms with Crippen molar-refractivity contribution in [3.63, 3.8) is 0 Å². The Kier molecular flexibility index (Phi) is 4.45. The van der Waals surface area contributed by atoms with E-state index >= 15 is 0 Å². The summed E-state index contributed by atoms with van der Waals surface area (Å²) in [6, 6.07) is 9.41. The van der Waals surface area contributed by atoms with Gasteiger partial charge in [0.25, 0.3) is 0 Å². The Hall–Kier alpha value is -0.400. The summed E-state index contributed by atoms with van der Waals surface area (Å²) in [5, 5.41) is 2.31. The maximum absolute atomic E-state index is 6.13. The molecule has 0 spiro atoms. The van der Waals surface area contributed by atoms with E-state index in [1.165, 1.54) is 0 Å². The molecule has 0 fully saturated rings. The summed E-state index contributed by atoms with van der Waals surface area (Å²) in [4.78, 5) is 0. The summed E-state index contributed by atoms with van der Waals surface area (Å²) in [7, 11) is 0. The lowest BCUT2D eigenvalue weighted by Gasteiger charge is -2.09. The van der Waals surface area contributed by atoms with Crippen molar-refractivity contribution in [3.05, 3.63) is 67.1 Å². The fourth-order valence-corrected chi connectivity index (χ4v) is 2.46. The second-order valence-corrected chi connectivity index (χ2v) is 5.67. The lowest BCUT2D eigenvalue weighted by Crippen LogP contribution is -1.93. The molecule has 0 aliphatic carbocycles. The molecule has 2 aromatic carbocycles. The molecule has 0 bridgehead atoms. The van der Waals surface area contributed by atoms with Crippen molar-refractivity contribution < 1.29 is 0 Å². The molecule has 0 N–H and O–H groups in total. The van der Waals surface area contributed by atoms with E-state index in [1.54, 1.807) is 6.07 Å². The monoisotopic (exact) mass is 318 g/mol. The lowest BCUT2D eigenvalue weighted by molar-refractivity contribution is 1.16. The van der Waals surface area contributed by atoms with Crippen LogP contribution in [0, 0.1) is 6.92 Å². The van der Waals surface area contributed by atoms with E-state index in [1.807, 2.05) is 31.2 Å². The van der Waals surface area contributed by atoms with Gasteiger partial charge in [0.1, 0.15) is 0 Å². The van der Waals surface area contributed by atoms with Gasteiger partial charge in [0, 0.05) is 0 Å². The molecule has 2 rings (SSSR count). The molecule has 0 aromatic heterocycles. The summed E-state index contributed by atoms with van der Waals surface area (Å²) in [6.07, 6.45) is 0.750. The van der Waals surface area contributed by atoms with Gasteiger partial charge < -0.3 is 0 Å². The number of rotatable bonds is 2. The molecule has 0 heterocycles. The van der Waals surface area contributed by atoms with Crippen molar-refractivity contribution in [2.45, 2.75) is 13.3 Å². The van der Waals surface area contributed by atoms with Crippen LogP contribution in [0.4, 0.5) is 0 Å². The number of halogens is 4. The topological polar surface area (TPSA) is 0 Å². The van der Waals surface area contributed by atoms with Gasteiger partial charge in [-0.2, -0.15) is 0 Å². The van der Waals surface area contributed by atoms with Crippen molar-refractivity contribution in [1.29, 1.82) is 0 Å². The summed E-state index contributed by atoms with van der Waals surface area (Å²) in [5.74, 6) is 0. The first-order valence-electron chi connectivity index (χ1n) is 5.36. The standard InChI is InChI=1S/C14H10Cl4/c1-8-10(3-5-12(16)14(8)18)6-9-2-4-11(15)13(17)7-9/h2-5,7H,6H2,1H3. The third kappa shape index (κ3) is 2.95. The average molecular weight is 320 g/mol. The highest BCUT2D eigenvalue weighted by Gasteiger charge is 2.08. The van der Waals surface area contributed by atoms with Gasteiger partial charge in [-0.3, -0.25) is 0 Å². The molecule has 0 aliphatic rings. The largest absolute Gasteiger partial charge is 0.0827 e. The zero-order valence-electron chi connectivity index (χ0n) is 9.61. The van der Waals surface area contributed by atoms with Crippen LogP contribution in [0.2, 0.25) is 20.1 Å². The fraction of sp³-hybridized carbons (Fsp3) is 0.143. The highest BCUT2D eigenvalue weighted by atomic mass is 35.5. The minimum atomic E-state index is 0.561. The van der Waals surface area contributed by atoms with Gasteiger partial charge in [-0.1, -0.05) is 58.5 Å². The van der Waals surface area contributed by atoms with E-state index < -0.39 is 0 Å². The SMILES string of the molecule is Cc1c(Cc2ccc(Cl)c(Cl)c2)ccc(Cl)c1Cl. The Morgan fingerprint density at radius 3 is 2.17 bits per heavy atom. The average Bonchev–Trinajstić information content (AvgIpc) is 2.34. The summed E-state index contributed by atoms with van der Waals surface area (Å²) >= 11 is 24.0. The first-order chi connectivity index (χ1) is 8.49. The van der Waals surface area contributed by atoms with E-state index in [0.29, 0.717) is 20.1 Å². The first-order valence-corrected chi connectivity index (χ1v) is 6.87. The Balaban J connectivity index is 2.34. The molecule has 0 atom stereocenters. The fourth-order valence-electron chi connectivity index (χ4n) is 1.75. The van der Waals surface area contributed by atoms with Crippen molar-refractivity contribution in [2.75, 3.05) is 0 Å². The quantitative estimate of drug-likeness (QED) is 0.618. The zero-order chi connectivity index (χ0) is 13.3. The highest BCUT2D eigenvalue weighted by Crippen LogP contribution is 2.30. The van der Waals surface area contributed by atoms with Crippen molar-refractivity contribution in [2.24, 2.45) is 0 Å². The van der Waals surface area contributed by atoms with Gasteiger partial charge in [0.15, 0.2) is 0 Å². The summed E-state index contributed by atoms with van der Waals surface area (Å²) < 4.78 is 0. The van der Waals surface area contributed by atoms with Gasteiger partial charge in [0.2, 0.25) is 0 Å². The second-order valence-electron chi connectivity index (χ2n) is 4.07. The molecule has 0 radical (unpaired) electrons. The predicted octanol–water partition coefficient (Wildman–Crippen LogP) is 6.20. The van der Waals surface area contributed by atoms with Crippen LogP contribution in [-0.4, -0.2) is 0 Å². The van der Waals surface area contributed by atoms with Crippen molar-refractivity contribution in [3.8, 4) is 0 Å². The molecule has 18 heavy (non-hydrogen) atoms. The van der Waals surface area contributed by atoms with Crippen LogP contribution in [0.1, 0.15) is 16.7 Å². The van der Waals surface area contributed by atoms with Gasteiger partial charge in [-0.25, -0.2) is 0 Å². The third-order valence-electron chi connectivity index (χ3n) is 2.83. The highest BCUT2D eigenvalue weighted by molar-refractivity contribution is 6.42. The molecule has 94 valence electrons. The van der Waals surface area contributed by atoms with E-state index in [-0.39, 0.29) is 0 Å². The third-order valence-corrected chi connectivity index (χ3v) is 4.47. The van der Waals surface area contributed by atoms with E-state index in [2.05, 4.69) is 0 Å². The smallest absolute Gasteiger partial charge is 0.0624 e. The van der Waals surface area contributed by atoms with Crippen LogP contribution in [0.3, 0.4) is 0 Å². The molecule has 0 unspecified atom stereocenters. The van der Waals surface area contributed by atoms with Crippen LogP contribution in [-0.2, 0) is 6.42 Å². The summed E-state index contributed by atoms with van der Waals surface area (Å²) in [5.41, 5.74) is 3.21. The van der Waals surface area contributed by atoms with Gasteiger partial charge >= 0.3 is 0 Å².